The minimum Gasteiger partial charge on any atom is -0.516 e. The molecule has 2 amide bonds. The van der Waals surface area contributed by atoms with Gasteiger partial charge in [-0.1, -0.05) is 68.9 Å². The summed E-state index contributed by atoms with van der Waals surface area (Å²) in [6.45, 7) is 12.0. The molecule has 1 radical (unpaired) electrons. The van der Waals surface area contributed by atoms with Crippen molar-refractivity contribution in [2.24, 2.45) is 0 Å². The van der Waals surface area contributed by atoms with E-state index in [9.17, 15) is 9.59 Å². The van der Waals surface area contributed by atoms with E-state index >= 15 is 0 Å². The Kier molecular flexibility index (Phi) is 17.9. The molecule has 1 heterocycles. The van der Waals surface area contributed by atoms with Crippen LogP contribution in [0.5, 0.6) is 0 Å². The number of nitrogens with zero attached hydrogens (tertiary/aromatic N) is 2. The van der Waals surface area contributed by atoms with Crippen molar-refractivity contribution in [3.05, 3.63) is 108 Å². The van der Waals surface area contributed by atoms with Crippen molar-refractivity contribution in [1.29, 1.82) is 0 Å². The number of hydrogen-bond donors (Lipinski definition) is 0. The molecule has 2 aromatic rings. The molecule has 0 bridgehead atoms. The fraction of sp³-hybridized carbons (Fsp3) is 0.459. The zero-order valence-electron chi connectivity index (χ0n) is 25.5. The predicted octanol–water partition coefficient (Wildman–Crippen LogP) is 8.98. The molecule has 6 heteroatoms. The molecule has 0 atom stereocenters. The average molecular weight is 824 g/mol. The first-order valence-electron chi connectivity index (χ1n) is 15.7. The van der Waals surface area contributed by atoms with E-state index < -0.39 is 0 Å². The Bertz CT molecular complexity index is 1170. The Morgan fingerprint density at radius 1 is 0.744 bits per heavy atom. The molecule has 0 unspecified atom stereocenters. The Morgan fingerprint density at radius 3 is 1.74 bits per heavy atom. The standard InChI is InChI=1S/C19H25NO.C18H21NO.W.Y/c21-19(20-14-6-1-2-7-15-20)18-12-10-17(11-13-18)16-8-4-3-5-9-16;1-3-14-19(4-2)18(20)17-12-10-16(11-13-17)15-8-6-5-7-9-15;;/h6,10-14,16H,1-5,7-9,15H2;1-4,10-13,15H,5-9,14H2;;/q;-2;;. The van der Waals surface area contributed by atoms with E-state index in [-0.39, 0.29) is 65.6 Å². The minimum absolute atomic E-state index is 0. The third-order valence-corrected chi connectivity index (χ3v) is 8.78. The van der Waals surface area contributed by atoms with Crippen molar-refractivity contribution in [3.63, 3.8) is 0 Å². The van der Waals surface area contributed by atoms with Gasteiger partial charge in [0.2, 0.25) is 0 Å². The fourth-order valence-corrected chi connectivity index (χ4v) is 6.31. The van der Waals surface area contributed by atoms with Gasteiger partial charge in [-0.05, 0) is 92.2 Å². The first-order valence-corrected chi connectivity index (χ1v) is 15.7. The third kappa shape index (κ3) is 11.4. The number of amides is 2. The van der Waals surface area contributed by atoms with Crippen molar-refractivity contribution in [3.8, 4) is 0 Å². The van der Waals surface area contributed by atoms with Crippen molar-refractivity contribution < 1.29 is 63.4 Å². The van der Waals surface area contributed by atoms with Crippen LogP contribution in [0, 0.1) is 13.2 Å². The van der Waals surface area contributed by atoms with Gasteiger partial charge < -0.3 is 23.0 Å². The van der Waals surface area contributed by atoms with Crippen LogP contribution >= 0.6 is 0 Å². The van der Waals surface area contributed by atoms with Gasteiger partial charge in [-0.25, -0.2) is 0 Å². The number of rotatable bonds is 7. The summed E-state index contributed by atoms with van der Waals surface area (Å²) in [6, 6.07) is 16.3. The van der Waals surface area contributed by atoms with Gasteiger partial charge in [0.15, 0.2) is 0 Å². The number of hydrogen-bond acceptors (Lipinski definition) is 2. The number of carbonyl (C=O) groups is 2. The Labute approximate surface area is 299 Å². The summed E-state index contributed by atoms with van der Waals surface area (Å²) >= 11 is 0. The summed E-state index contributed by atoms with van der Waals surface area (Å²) in [7, 11) is 0. The van der Waals surface area contributed by atoms with Crippen LogP contribution in [0.4, 0.5) is 0 Å². The normalized spacial score (nSPS) is 17.2. The monoisotopic (exact) mass is 823 g/mol. The Morgan fingerprint density at radius 2 is 1.26 bits per heavy atom. The number of carbonyl (C=O) groups excluding carboxylic acids is 2. The van der Waals surface area contributed by atoms with Gasteiger partial charge in [0.05, 0.1) is 0 Å². The summed E-state index contributed by atoms with van der Waals surface area (Å²) in [5, 5.41) is 0. The van der Waals surface area contributed by atoms with Crippen LogP contribution < -0.4 is 0 Å². The van der Waals surface area contributed by atoms with Crippen LogP contribution in [0.2, 0.25) is 0 Å². The van der Waals surface area contributed by atoms with Gasteiger partial charge in [-0.3, -0.25) is 15.7 Å². The zero-order chi connectivity index (χ0) is 28.9. The van der Waals surface area contributed by atoms with Crippen molar-refractivity contribution in [2.45, 2.75) is 95.3 Å². The third-order valence-electron chi connectivity index (χ3n) is 8.78. The smallest absolute Gasteiger partial charge is 0.257 e. The molecule has 2 aliphatic carbocycles. The quantitative estimate of drug-likeness (QED) is 0.262. The second-order valence-electron chi connectivity index (χ2n) is 11.6. The Balaban J connectivity index is 0.000000287. The number of benzene rings is 2. The second kappa shape index (κ2) is 20.4. The van der Waals surface area contributed by atoms with Crippen LogP contribution in [0.3, 0.4) is 0 Å². The summed E-state index contributed by atoms with van der Waals surface area (Å²) < 4.78 is 0. The summed E-state index contributed by atoms with van der Waals surface area (Å²) in [5.41, 5.74) is 4.22. The van der Waals surface area contributed by atoms with Crippen molar-refractivity contribution in [1.82, 2.24) is 9.80 Å². The molecule has 2 fully saturated rings. The van der Waals surface area contributed by atoms with Crippen LogP contribution in [-0.2, 0) is 53.8 Å². The summed E-state index contributed by atoms with van der Waals surface area (Å²) in [5.74, 6) is 1.39. The van der Waals surface area contributed by atoms with Gasteiger partial charge in [0.1, 0.15) is 0 Å². The van der Waals surface area contributed by atoms with E-state index in [0.29, 0.717) is 23.9 Å². The van der Waals surface area contributed by atoms with Crippen LogP contribution in [-0.4, -0.2) is 34.7 Å². The molecule has 0 spiro atoms. The van der Waals surface area contributed by atoms with Gasteiger partial charge in [-0.2, -0.15) is 6.20 Å². The van der Waals surface area contributed by atoms with Gasteiger partial charge >= 0.3 is 0 Å². The topological polar surface area (TPSA) is 40.6 Å². The van der Waals surface area contributed by atoms with E-state index in [1.807, 2.05) is 35.4 Å². The molecule has 43 heavy (non-hydrogen) atoms. The molecule has 2 saturated carbocycles. The van der Waals surface area contributed by atoms with Gasteiger partial charge in [0, 0.05) is 84.2 Å². The van der Waals surface area contributed by atoms with E-state index in [4.69, 9.17) is 13.2 Å². The van der Waals surface area contributed by atoms with Crippen molar-refractivity contribution >= 4 is 11.8 Å². The largest absolute Gasteiger partial charge is 0.516 e. The molecule has 2 aromatic carbocycles. The Hall–Kier alpha value is -1.61. The molecule has 0 aromatic heterocycles. The SMILES string of the molecule is O=C(c1ccc(C2CCCCC2)cc1)N1C=CCCCC1.[CH-]=CCN(C=[CH-])C(=O)c1ccc(C2CCCCC2)cc1.[W].[Y]. The first kappa shape index (κ1) is 37.6. The van der Waals surface area contributed by atoms with E-state index in [2.05, 4.69) is 30.3 Å². The van der Waals surface area contributed by atoms with Gasteiger partial charge in [0.25, 0.3) is 11.8 Å². The van der Waals surface area contributed by atoms with E-state index in [1.165, 1.54) is 98.9 Å². The van der Waals surface area contributed by atoms with Crippen LogP contribution in [0.25, 0.3) is 0 Å². The molecule has 227 valence electrons. The maximum absolute atomic E-state index is 12.5. The zero-order valence-corrected chi connectivity index (χ0v) is 31.3. The molecule has 0 N–H and O–H groups in total. The molecule has 5 rings (SSSR count). The fourth-order valence-electron chi connectivity index (χ4n) is 6.31. The van der Waals surface area contributed by atoms with E-state index in [1.54, 1.807) is 0 Å². The second-order valence-corrected chi connectivity index (χ2v) is 11.6. The van der Waals surface area contributed by atoms with Crippen LogP contribution in [0.15, 0.2) is 73.1 Å². The minimum atomic E-state index is -0.121. The van der Waals surface area contributed by atoms with Gasteiger partial charge in [-0.15, -0.1) is 0 Å². The summed E-state index contributed by atoms with van der Waals surface area (Å²) in [6.07, 6.45) is 23.3. The first-order chi connectivity index (χ1) is 20.1. The molecule has 1 aliphatic heterocycles. The van der Waals surface area contributed by atoms with Crippen LogP contribution in [0.1, 0.15) is 127 Å². The maximum atomic E-state index is 12.5. The predicted molar refractivity (Wildman–Crippen MR) is 167 cm³/mol. The maximum Gasteiger partial charge on any atom is 0.257 e. The average Bonchev–Trinajstić information content (AvgIpc) is 3.34. The molecule has 3 aliphatic rings. The molecule has 4 nitrogen and oxygen atoms in total. The number of allylic oxidation sites excluding steroid dienone is 1. The summed E-state index contributed by atoms with van der Waals surface area (Å²) in [4.78, 5) is 28.0. The van der Waals surface area contributed by atoms with E-state index in [0.717, 1.165) is 24.9 Å². The molecular weight excluding hydrogens is 777 g/mol. The molecular formula is C37H46N2O2WY-2. The molecule has 0 saturated heterocycles. The van der Waals surface area contributed by atoms with Crippen molar-refractivity contribution in [2.75, 3.05) is 13.1 Å².